The summed E-state index contributed by atoms with van der Waals surface area (Å²) in [7, 11) is 1.96. The van der Waals surface area contributed by atoms with Gasteiger partial charge in [0.25, 0.3) is 0 Å². The Morgan fingerprint density at radius 3 is 2.94 bits per heavy atom. The molecule has 0 bridgehead atoms. The van der Waals surface area contributed by atoms with E-state index in [4.69, 9.17) is 0 Å². The van der Waals surface area contributed by atoms with Crippen LogP contribution in [0.2, 0.25) is 0 Å². The highest BCUT2D eigenvalue weighted by Crippen LogP contribution is 2.28. The third-order valence-electron chi connectivity index (χ3n) is 2.85. The standard InChI is InChI=1S/C11H16BrN3O/c1-14-7-6-13-10(14)8-15(9-2-3-9)11(16)4-5-12/h6-7,9H,2-5,8H2,1H3. The van der Waals surface area contributed by atoms with Gasteiger partial charge in [0, 0.05) is 37.2 Å². The molecular weight excluding hydrogens is 270 g/mol. The first-order valence-corrected chi connectivity index (χ1v) is 6.66. The quantitative estimate of drug-likeness (QED) is 0.773. The van der Waals surface area contributed by atoms with Gasteiger partial charge < -0.3 is 9.47 Å². The van der Waals surface area contributed by atoms with Crippen LogP contribution in [0.4, 0.5) is 0 Å². The molecule has 1 aliphatic rings. The van der Waals surface area contributed by atoms with Gasteiger partial charge in [-0.25, -0.2) is 4.98 Å². The van der Waals surface area contributed by atoms with E-state index in [1.165, 1.54) is 0 Å². The van der Waals surface area contributed by atoms with Crippen LogP contribution in [0.1, 0.15) is 25.1 Å². The minimum atomic E-state index is 0.224. The molecule has 0 aliphatic heterocycles. The van der Waals surface area contributed by atoms with Gasteiger partial charge in [-0.1, -0.05) is 15.9 Å². The molecule has 1 aromatic heterocycles. The molecule has 0 radical (unpaired) electrons. The van der Waals surface area contributed by atoms with E-state index in [-0.39, 0.29) is 5.91 Å². The van der Waals surface area contributed by atoms with Crippen LogP contribution in [0.25, 0.3) is 0 Å². The van der Waals surface area contributed by atoms with Crippen LogP contribution in [0.15, 0.2) is 12.4 Å². The van der Waals surface area contributed by atoms with Gasteiger partial charge in [0.15, 0.2) is 0 Å². The predicted octanol–water partition coefficient (Wildman–Crippen LogP) is 1.70. The van der Waals surface area contributed by atoms with Gasteiger partial charge in [-0.3, -0.25) is 4.79 Å². The maximum atomic E-state index is 11.9. The maximum absolute atomic E-state index is 11.9. The molecular formula is C11H16BrN3O. The lowest BCUT2D eigenvalue weighted by Crippen LogP contribution is -2.33. The van der Waals surface area contributed by atoms with Gasteiger partial charge >= 0.3 is 0 Å². The molecule has 1 aromatic rings. The van der Waals surface area contributed by atoms with Crippen LogP contribution < -0.4 is 0 Å². The number of carbonyl (C=O) groups is 1. The van der Waals surface area contributed by atoms with Crippen molar-refractivity contribution in [3.05, 3.63) is 18.2 Å². The van der Waals surface area contributed by atoms with Crippen molar-refractivity contribution >= 4 is 21.8 Å². The maximum Gasteiger partial charge on any atom is 0.224 e. The number of halogens is 1. The zero-order chi connectivity index (χ0) is 11.5. The lowest BCUT2D eigenvalue weighted by atomic mass is 10.3. The minimum absolute atomic E-state index is 0.224. The summed E-state index contributed by atoms with van der Waals surface area (Å²) in [5.41, 5.74) is 0. The third kappa shape index (κ3) is 2.64. The fourth-order valence-electron chi connectivity index (χ4n) is 1.73. The molecule has 1 fully saturated rings. The van der Waals surface area contributed by atoms with Gasteiger partial charge in [-0.2, -0.15) is 0 Å². The highest BCUT2D eigenvalue weighted by atomic mass is 79.9. The van der Waals surface area contributed by atoms with Gasteiger partial charge in [-0.05, 0) is 12.8 Å². The average Bonchev–Trinajstić information content (AvgIpc) is 3.00. The number of imidazole rings is 1. The summed E-state index contributed by atoms with van der Waals surface area (Å²) in [6, 6.07) is 0.447. The molecule has 1 heterocycles. The fourth-order valence-corrected chi connectivity index (χ4v) is 2.07. The van der Waals surface area contributed by atoms with Crippen molar-refractivity contribution in [1.82, 2.24) is 14.5 Å². The Labute approximate surface area is 104 Å². The second-order valence-electron chi connectivity index (χ2n) is 4.15. The van der Waals surface area contributed by atoms with Gasteiger partial charge in [0.1, 0.15) is 5.82 Å². The first-order valence-electron chi connectivity index (χ1n) is 5.54. The molecule has 16 heavy (non-hydrogen) atoms. The molecule has 5 heteroatoms. The minimum Gasteiger partial charge on any atom is -0.337 e. The molecule has 1 aliphatic carbocycles. The number of aryl methyl sites for hydroxylation is 1. The third-order valence-corrected chi connectivity index (χ3v) is 3.25. The topological polar surface area (TPSA) is 38.1 Å². The predicted molar refractivity (Wildman–Crippen MR) is 65.2 cm³/mol. The van der Waals surface area contributed by atoms with Crippen molar-refractivity contribution in [1.29, 1.82) is 0 Å². The number of carbonyl (C=O) groups excluding carboxylic acids is 1. The van der Waals surface area contributed by atoms with Crippen molar-refractivity contribution in [2.75, 3.05) is 5.33 Å². The van der Waals surface area contributed by atoms with Crippen molar-refractivity contribution in [3.63, 3.8) is 0 Å². The lowest BCUT2D eigenvalue weighted by Gasteiger charge is -2.21. The van der Waals surface area contributed by atoms with E-state index < -0.39 is 0 Å². The summed E-state index contributed by atoms with van der Waals surface area (Å²) < 4.78 is 1.97. The van der Waals surface area contributed by atoms with Gasteiger partial charge in [-0.15, -0.1) is 0 Å². The summed E-state index contributed by atoms with van der Waals surface area (Å²) in [5.74, 6) is 1.18. The van der Waals surface area contributed by atoms with Crippen LogP contribution in [0.5, 0.6) is 0 Å². The van der Waals surface area contributed by atoms with E-state index in [1.807, 2.05) is 22.7 Å². The largest absolute Gasteiger partial charge is 0.337 e. The molecule has 0 saturated heterocycles. The molecule has 1 amide bonds. The van der Waals surface area contributed by atoms with Crippen LogP contribution in [-0.2, 0) is 18.4 Å². The number of hydrogen-bond acceptors (Lipinski definition) is 2. The van der Waals surface area contributed by atoms with Crippen molar-refractivity contribution in [2.45, 2.75) is 31.8 Å². The average molecular weight is 286 g/mol. The van der Waals surface area contributed by atoms with E-state index in [9.17, 15) is 4.79 Å². The Bertz CT molecular complexity index is 373. The molecule has 0 unspecified atom stereocenters. The lowest BCUT2D eigenvalue weighted by molar-refractivity contribution is -0.132. The van der Waals surface area contributed by atoms with Crippen LogP contribution in [0.3, 0.4) is 0 Å². The first-order chi connectivity index (χ1) is 7.72. The second-order valence-corrected chi connectivity index (χ2v) is 4.94. The van der Waals surface area contributed by atoms with Crippen molar-refractivity contribution in [3.8, 4) is 0 Å². The van der Waals surface area contributed by atoms with Crippen LogP contribution in [-0.4, -0.2) is 31.7 Å². The molecule has 88 valence electrons. The Balaban J connectivity index is 2.03. The Hall–Kier alpha value is -0.840. The highest BCUT2D eigenvalue weighted by molar-refractivity contribution is 9.09. The number of amides is 1. The van der Waals surface area contributed by atoms with Crippen molar-refractivity contribution < 1.29 is 4.79 Å². The molecule has 0 atom stereocenters. The van der Waals surface area contributed by atoms with E-state index in [2.05, 4.69) is 20.9 Å². The monoisotopic (exact) mass is 285 g/mol. The van der Waals surface area contributed by atoms with Crippen molar-refractivity contribution in [2.24, 2.45) is 7.05 Å². The molecule has 4 nitrogen and oxygen atoms in total. The summed E-state index contributed by atoms with van der Waals surface area (Å²) in [4.78, 5) is 18.1. The van der Waals surface area contributed by atoms with E-state index in [1.54, 1.807) is 6.20 Å². The summed E-state index contributed by atoms with van der Waals surface area (Å²) in [5, 5.41) is 0.732. The van der Waals surface area contributed by atoms with E-state index in [0.29, 0.717) is 19.0 Å². The Kier molecular flexibility index (Phi) is 3.63. The number of alkyl halides is 1. The van der Waals surface area contributed by atoms with Crippen LogP contribution >= 0.6 is 15.9 Å². The zero-order valence-electron chi connectivity index (χ0n) is 9.40. The number of aromatic nitrogens is 2. The summed E-state index contributed by atoms with van der Waals surface area (Å²) in [6.07, 6.45) is 6.53. The normalized spacial score (nSPS) is 15.1. The molecule has 2 rings (SSSR count). The SMILES string of the molecule is Cn1ccnc1CN(C(=O)CCBr)C1CC1. The molecule has 0 N–H and O–H groups in total. The van der Waals surface area contributed by atoms with Crippen LogP contribution in [0, 0.1) is 0 Å². The fraction of sp³-hybridized carbons (Fsp3) is 0.636. The Morgan fingerprint density at radius 2 is 2.44 bits per heavy atom. The smallest absolute Gasteiger partial charge is 0.224 e. The summed E-state index contributed by atoms with van der Waals surface area (Å²) in [6.45, 7) is 0.639. The molecule has 0 spiro atoms. The van der Waals surface area contributed by atoms with E-state index >= 15 is 0 Å². The van der Waals surface area contributed by atoms with Gasteiger partial charge in [0.05, 0.1) is 6.54 Å². The zero-order valence-corrected chi connectivity index (χ0v) is 11.0. The summed E-state index contributed by atoms with van der Waals surface area (Å²) >= 11 is 3.31. The number of nitrogens with zero attached hydrogens (tertiary/aromatic N) is 3. The number of rotatable bonds is 5. The molecule has 1 saturated carbocycles. The van der Waals surface area contributed by atoms with Gasteiger partial charge in [0.2, 0.25) is 5.91 Å². The Morgan fingerprint density at radius 1 is 1.69 bits per heavy atom. The molecule has 0 aromatic carbocycles. The highest BCUT2D eigenvalue weighted by Gasteiger charge is 2.32. The first kappa shape index (κ1) is 11.6. The van der Waals surface area contributed by atoms with E-state index in [0.717, 1.165) is 24.0 Å². The second kappa shape index (κ2) is 4.99. The number of hydrogen-bond donors (Lipinski definition) is 0.